The number of nitrogens with zero attached hydrogens (tertiary/aromatic N) is 2. The molecule has 6 heteroatoms. The van der Waals surface area contributed by atoms with Crippen LogP contribution in [0.25, 0.3) is 11.6 Å². The maximum atomic E-state index is 12.6. The summed E-state index contributed by atoms with van der Waals surface area (Å²) >= 11 is 9.94. The third kappa shape index (κ3) is 4.45. The lowest BCUT2D eigenvalue weighted by Crippen LogP contribution is -2.44. The van der Waals surface area contributed by atoms with Crippen molar-refractivity contribution in [1.82, 2.24) is 0 Å². The summed E-state index contributed by atoms with van der Waals surface area (Å²) in [6.45, 7) is 9.37. The van der Waals surface area contributed by atoms with Crippen LogP contribution in [-0.4, -0.2) is 18.0 Å². The number of benzene rings is 2. The topological polar surface area (TPSA) is 56.1 Å². The number of nitrogens with one attached hydrogen (secondary N) is 1. The van der Waals surface area contributed by atoms with Crippen molar-refractivity contribution in [3.8, 4) is 6.07 Å². The highest BCUT2D eigenvalue weighted by atomic mass is 79.9. The molecule has 0 fully saturated rings. The molecule has 0 saturated heterocycles. The van der Waals surface area contributed by atoms with Crippen molar-refractivity contribution in [3.05, 3.63) is 68.7 Å². The van der Waals surface area contributed by atoms with Crippen LogP contribution in [0.4, 0.5) is 11.4 Å². The Morgan fingerprint density at radius 3 is 2.70 bits per heavy atom. The van der Waals surface area contributed by atoms with E-state index in [1.54, 1.807) is 18.2 Å². The van der Waals surface area contributed by atoms with Gasteiger partial charge in [0.2, 0.25) is 0 Å². The minimum Gasteiger partial charge on any atom is -0.363 e. The summed E-state index contributed by atoms with van der Waals surface area (Å²) in [7, 11) is 0. The van der Waals surface area contributed by atoms with Crippen LogP contribution in [0.5, 0.6) is 0 Å². The minimum atomic E-state index is -0.479. The number of hydrogen-bond donors (Lipinski definition) is 1. The summed E-state index contributed by atoms with van der Waals surface area (Å²) in [5.74, 6) is -0.479. The number of likely N-dealkylation sites (N-methyl/N-ethyl adjacent to an activating group) is 1. The molecule has 1 aliphatic rings. The molecule has 4 nitrogen and oxygen atoms in total. The van der Waals surface area contributed by atoms with Crippen molar-refractivity contribution in [2.45, 2.75) is 33.2 Å². The van der Waals surface area contributed by atoms with Gasteiger partial charge in [0.05, 0.1) is 5.54 Å². The van der Waals surface area contributed by atoms with Crippen molar-refractivity contribution in [3.63, 3.8) is 0 Å². The molecule has 0 radical (unpaired) electrons. The molecule has 1 N–H and O–H groups in total. The number of nitriles is 1. The molecule has 154 valence electrons. The van der Waals surface area contributed by atoms with Gasteiger partial charge in [-0.2, -0.15) is 5.26 Å². The smallest absolute Gasteiger partial charge is 0.266 e. The molecule has 0 saturated carbocycles. The van der Waals surface area contributed by atoms with E-state index in [9.17, 15) is 10.1 Å². The second-order valence-electron chi connectivity index (χ2n) is 7.75. The monoisotopic (exact) mass is 483 g/mol. The van der Waals surface area contributed by atoms with E-state index in [1.807, 2.05) is 30.3 Å². The van der Waals surface area contributed by atoms with Gasteiger partial charge in [0.15, 0.2) is 0 Å². The molecule has 1 heterocycles. The van der Waals surface area contributed by atoms with Gasteiger partial charge >= 0.3 is 0 Å². The van der Waals surface area contributed by atoms with Crippen molar-refractivity contribution in [1.29, 1.82) is 5.26 Å². The Hall–Kier alpha value is -2.55. The average molecular weight is 485 g/mol. The number of hydrogen-bond acceptors (Lipinski definition) is 3. The summed E-state index contributed by atoms with van der Waals surface area (Å²) in [4.78, 5) is 14.9. The Morgan fingerprint density at radius 1 is 1.33 bits per heavy atom. The fraction of sp³-hybridized carbons (Fsp3) is 0.250. The molecule has 0 bridgehead atoms. The Balaban J connectivity index is 1.99. The molecule has 2 aromatic rings. The molecular formula is C24H23BrClN3O. The Bertz CT molecular complexity index is 1110. The third-order valence-corrected chi connectivity index (χ3v) is 5.98. The highest BCUT2D eigenvalue weighted by molar-refractivity contribution is 9.10. The van der Waals surface area contributed by atoms with Crippen LogP contribution >= 0.6 is 27.5 Å². The fourth-order valence-electron chi connectivity index (χ4n) is 3.87. The van der Waals surface area contributed by atoms with E-state index >= 15 is 0 Å². The number of amides is 1. The Labute approximate surface area is 191 Å². The van der Waals surface area contributed by atoms with E-state index < -0.39 is 5.91 Å². The molecule has 0 spiro atoms. The van der Waals surface area contributed by atoms with E-state index in [0.29, 0.717) is 16.3 Å². The summed E-state index contributed by atoms with van der Waals surface area (Å²) in [6.07, 6.45) is 3.77. The summed E-state index contributed by atoms with van der Waals surface area (Å²) in [6, 6.07) is 13.1. The van der Waals surface area contributed by atoms with Gasteiger partial charge in [-0.25, -0.2) is 0 Å². The number of rotatable bonds is 4. The normalized spacial score (nSPS) is 15.2. The minimum absolute atomic E-state index is 0.0121. The van der Waals surface area contributed by atoms with E-state index in [1.165, 1.54) is 0 Å². The van der Waals surface area contributed by atoms with Crippen LogP contribution in [0.15, 0.2) is 52.5 Å². The maximum absolute atomic E-state index is 12.6. The average Bonchev–Trinajstić information content (AvgIpc) is 2.66. The lowest BCUT2D eigenvalue weighted by atomic mass is 9.88. The first-order chi connectivity index (χ1) is 14.2. The van der Waals surface area contributed by atoms with Crippen molar-refractivity contribution in [2.24, 2.45) is 0 Å². The fourth-order valence-corrected chi connectivity index (χ4v) is 4.48. The van der Waals surface area contributed by atoms with Gasteiger partial charge in [0.25, 0.3) is 5.91 Å². The first kappa shape index (κ1) is 22.1. The molecule has 1 aliphatic heterocycles. The SMILES string of the molecule is CCN1c2cc(Cl)c(/C=C(\C#N)C(=O)Nc3cccc(Br)c3)cc2C(C)=CC1(C)C. The molecular weight excluding hydrogens is 462 g/mol. The van der Waals surface area contributed by atoms with Crippen LogP contribution in [0.2, 0.25) is 5.02 Å². The highest BCUT2D eigenvalue weighted by Crippen LogP contribution is 2.41. The van der Waals surface area contributed by atoms with E-state index in [-0.39, 0.29) is 11.1 Å². The quantitative estimate of drug-likeness (QED) is 0.389. The molecule has 0 unspecified atom stereocenters. The van der Waals surface area contributed by atoms with Crippen molar-refractivity contribution >= 4 is 56.5 Å². The van der Waals surface area contributed by atoms with E-state index in [0.717, 1.165) is 27.8 Å². The first-order valence-corrected chi connectivity index (χ1v) is 10.8. The van der Waals surface area contributed by atoms with Crippen LogP contribution < -0.4 is 10.2 Å². The Morgan fingerprint density at radius 2 is 2.07 bits per heavy atom. The largest absolute Gasteiger partial charge is 0.363 e. The first-order valence-electron chi connectivity index (χ1n) is 9.66. The van der Waals surface area contributed by atoms with Crippen LogP contribution in [0.3, 0.4) is 0 Å². The lowest BCUT2D eigenvalue weighted by molar-refractivity contribution is -0.112. The second-order valence-corrected chi connectivity index (χ2v) is 9.07. The molecule has 1 amide bonds. The highest BCUT2D eigenvalue weighted by Gasteiger charge is 2.30. The number of anilines is 2. The summed E-state index contributed by atoms with van der Waals surface area (Å²) < 4.78 is 0.839. The molecule has 0 aromatic heterocycles. The predicted molar refractivity (Wildman–Crippen MR) is 129 cm³/mol. The van der Waals surface area contributed by atoms with E-state index in [2.05, 4.69) is 59.9 Å². The summed E-state index contributed by atoms with van der Waals surface area (Å²) in [5, 5.41) is 12.8. The zero-order valence-electron chi connectivity index (χ0n) is 17.4. The number of carbonyl (C=O) groups is 1. The molecule has 3 rings (SSSR count). The standard InChI is InChI=1S/C24H23BrClN3O/c1-5-29-22-12-21(26)16(10-20(22)15(2)13-24(29,3)4)9-17(14-27)23(30)28-19-8-6-7-18(25)11-19/h6-13H,5H2,1-4H3,(H,28,30)/b17-9+. The second kappa shape index (κ2) is 8.67. The molecule has 0 atom stereocenters. The van der Waals surface area contributed by atoms with Gasteiger partial charge < -0.3 is 10.2 Å². The van der Waals surface area contributed by atoms with Gasteiger partial charge in [-0.05, 0) is 75.2 Å². The number of carbonyl (C=O) groups excluding carboxylic acids is 1. The third-order valence-electron chi connectivity index (χ3n) is 5.16. The molecule has 0 aliphatic carbocycles. The van der Waals surface area contributed by atoms with Crippen molar-refractivity contribution < 1.29 is 4.79 Å². The molecule has 30 heavy (non-hydrogen) atoms. The van der Waals surface area contributed by atoms with Gasteiger partial charge in [-0.3, -0.25) is 4.79 Å². The molecule has 2 aromatic carbocycles. The Kier molecular flexibility index (Phi) is 6.40. The number of halogens is 2. The zero-order chi connectivity index (χ0) is 22.1. The number of allylic oxidation sites excluding steroid dienone is 1. The van der Waals surface area contributed by atoms with Crippen LogP contribution in [0, 0.1) is 11.3 Å². The van der Waals surface area contributed by atoms with Gasteiger partial charge in [-0.1, -0.05) is 39.7 Å². The zero-order valence-corrected chi connectivity index (χ0v) is 19.7. The van der Waals surface area contributed by atoms with Crippen molar-refractivity contribution in [2.75, 3.05) is 16.8 Å². The van der Waals surface area contributed by atoms with Crippen LogP contribution in [0.1, 0.15) is 38.8 Å². The predicted octanol–water partition coefficient (Wildman–Crippen LogP) is 6.67. The van der Waals surface area contributed by atoms with E-state index in [4.69, 9.17) is 11.6 Å². The van der Waals surface area contributed by atoms with Gasteiger partial charge in [-0.15, -0.1) is 0 Å². The number of fused-ring (bicyclic) bond motifs is 1. The van der Waals surface area contributed by atoms with Gasteiger partial charge in [0.1, 0.15) is 11.6 Å². The maximum Gasteiger partial charge on any atom is 0.266 e. The lowest BCUT2D eigenvalue weighted by Gasteiger charge is -2.43. The summed E-state index contributed by atoms with van der Waals surface area (Å²) in [5.41, 5.74) is 4.36. The van der Waals surface area contributed by atoms with Gasteiger partial charge in [0, 0.05) is 33.0 Å². The van der Waals surface area contributed by atoms with Crippen LogP contribution in [-0.2, 0) is 4.79 Å².